The van der Waals surface area contributed by atoms with E-state index in [-0.39, 0.29) is 0 Å². The highest BCUT2D eigenvalue weighted by Crippen LogP contribution is 2.01. The third-order valence-electron chi connectivity index (χ3n) is 1.33. The van der Waals surface area contributed by atoms with E-state index in [0.29, 0.717) is 11.3 Å². The number of hydrogen-bond donors (Lipinski definition) is 0. The highest BCUT2D eigenvalue weighted by molar-refractivity contribution is 7.64. The number of rotatable bonds is 5. The minimum atomic E-state index is 0.410. The van der Waals surface area contributed by atoms with Crippen LogP contribution < -0.4 is 0 Å². The van der Waals surface area contributed by atoms with Crippen molar-refractivity contribution in [3.8, 4) is 0 Å². The van der Waals surface area contributed by atoms with E-state index < -0.39 is 0 Å². The third-order valence-corrected chi connectivity index (χ3v) is 1.60. The first-order valence-electron chi connectivity index (χ1n) is 3.77. The summed E-state index contributed by atoms with van der Waals surface area (Å²) in [7, 11) is 0. The molecule has 0 aliphatic heterocycles. The second-order valence-corrected chi connectivity index (χ2v) is 2.66. The fraction of sp³-hybridized carbons (Fsp3) is 0.750. The highest BCUT2D eigenvalue weighted by Gasteiger charge is 1.82. The van der Waals surface area contributed by atoms with Gasteiger partial charge in [-0.25, -0.2) is 4.21 Å². The molecule has 0 amide bonds. The van der Waals surface area contributed by atoms with Crippen molar-refractivity contribution in [1.82, 2.24) is 0 Å². The molecule has 0 atom stereocenters. The zero-order valence-corrected chi connectivity index (χ0v) is 7.25. The van der Waals surface area contributed by atoms with Gasteiger partial charge < -0.3 is 0 Å². The van der Waals surface area contributed by atoms with Crippen LogP contribution >= 0.6 is 0 Å². The molecule has 2 heteroatoms. The Bertz CT molecular complexity index is 141. The molecule has 0 spiro atoms. The largest absolute Gasteiger partial charge is 0.203 e. The Labute approximate surface area is 66.2 Å². The summed E-state index contributed by atoms with van der Waals surface area (Å²) in [5.41, 5.74) is 0. The van der Waals surface area contributed by atoms with Gasteiger partial charge in [0.15, 0.2) is 0 Å². The quantitative estimate of drug-likeness (QED) is 0.442. The van der Waals surface area contributed by atoms with Crippen LogP contribution in [0, 0.1) is 0 Å². The van der Waals surface area contributed by atoms with Crippen molar-refractivity contribution in [2.24, 2.45) is 0 Å². The van der Waals surface area contributed by atoms with E-state index in [4.69, 9.17) is 0 Å². The first-order chi connectivity index (χ1) is 4.91. The SMILES string of the molecule is CCCCCCC=C=S=O. The zero-order chi connectivity index (χ0) is 7.66. The Hall–Kier alpha value is -0.330. The molecule has 0 aromatic carbocycles. The Morgan fingerprint density at radius 2 is 2.20 bits per heavy atom. The van der Waals surface area contributed by atoms with Crippen LogP contribution in [0.25, 0.3) is 0 Å². The molecular formula is C8H14OS. The van der Waals surface area contributed by atoms with E-state index in [1.165, 1.54) is 25.7 Å². The van der Waals surface area contributed by atoms with Crippen LogP contribution in [0.1, 0.15) is 39.0 Å². The molecule has 0 fully saturated rings. The maximum atomic E-state index is 9.79. The number of allylic oxidation sites excluding steroid dienone is 1. The molecule has 0 saturated carbocycles. The third kappa shape index (κ3) is 7.67. The molecule has 0 radical (unpaired) electrons. The van der Waals surface area contributed by atoms with Gasteiger partial charge in [-0.3, -0.25) is 0 Å². The second-order valence-electron chi connectivity index (χ2n) is 2.25. The second kappa shape index (κ2) is 8.67. The van der Waals surface area contributed by atoms with Crippen molar-refractivity contribution in [2.75, 3.05) is 0 Å². The van der Waals surface area contributed by atoms with Gasteiger partial charge in [-0.15, -0.1) is 0 Å². The molecule has 1 nitrogen and oxygen atoms in total. The monoisotopic (exact) mass is 158 g/mol. The average Bonchev–Trinajstić information content (AvgIpc) is 1.97. The van der Waals surface area contributed by atoms with Gasteiger partial charge in [0.05, 0.1) is 0 Å². The topological polar surface area (TPSA) is 17.1 Å². The van der Waals surface area contributed by atoms with E-state index in [0.717, 1.165) is 6.42 Å². The fourth-order valence-corrected chi connectivity index (χ4v) is 0.952. The van der Waals surface area contributed by atoms with Crippen LogP contribution in [0.15, 0.2) is 6.08 Å². The van der Waals surface area contributed by atoms with Crippen molar-refractivity contribution in [3.05, 3.63) is 6.08 Å². The molecule has 0 aromatic rings. The standard InChI is InChI=1S/C8H14OS/c1-2-3-4-5-6-7-8-10-9/h7H,2-6H2,1H3. The smallest absolute Gasteiger partial charge is 0.141 e. The van der Waals surface area contributed by atoms with E-state index >= 15 is 0 Å². The lowest BCUT2D eigenvalue weighted by molar-refractivity contribution is 0.675. The van der Waals surface area contributed by atoms with Crippen LogP contribution in [0.4, 0.5) is 0 Å². The Morgan fingerprint density at radius 3 is 2.80 bits per heavy atom. The minimum absolute atomic E-state index is 0.410. The fourth-order valence-electron chi connectivity index (χ4n) is 0.766. The molecular weight excluding hydrogens is 144 g/mol. The molecule has 0 heterocycles. The Balaban J connectivity index is 3.05. The maximum Gasteiger partial charge on any atom is 0.141 e. The minimum Gasteiger partial charge on any atom is -0.203 e. The molecule has 0 bridgehead atoms. The van der Waals surface area contributed by atoms with Crippen LogP contribution in [-0.4, -0.2) is 9.23 Å². The van der Waals surface area contributed by atoms with Crippen molar-refractivity contribution in [1.29, 1.82) is 0 Å². The summed E-state index contributed by atoms with van der Waals surface area (Å²) in [6.45, 7) is 2.19. The molecule has 0 aromatic heterocycles. The van der Waals surface area contributed by atoms with Gasteiger partial charge in [0.2, 0.25) is 0 Å². The molecule has 0 rings (SSSR count). The molecule has 10 heavy (non-hydrogen) atoms. The van der Waals surface area contributed by atoms with Crippen LogP contribution in [-0.2, 0) is 11.3 Å². The van der Waals surface area contributed by atoms with Crippen molar-refractivity contribution < 1.29 is 4.21 Å². The van der Waals surface area contributed by atoms with E-state index in [2.05, 4.69) is 11.9 Å². The summed E-state index contributed by atoms with van der Waals surface area (Å²) in [4.78, 5) is 0. The normalized spacial score (nSPS) is 8.50. The highest BCUT2D eigenvalue weighted by atomic mass is 32.1. The predicted molar refractivity (Wildman–Crippen MR) is 46.5 cm³/mol. The zero-order valence-electron chi connectivity index (χ0n) is 6.43. The molecule has 0 unspecified atom stereocenters. The van der Waals surface area contributed by atoms with Crippen molar-refractivity contribution >= 4 is 16.3 Å². The van der Waals surface area contributed by atoms with Crippen molar-refractivity contribution in [3.63, 3.8) is 0 Å². The Kier molecular flexibility index (Phi) is 8.38. The lowest BCUT2D eigenvalue weighted by Crippen LogP contribution is -1.73. The number of hydrogen-bond acceptors (Lipinski definition) is 1. The molecule has 58 valence electrons. The Morgan fingerprint density at radius 1 is 1.40 bits per heavy atom. The molecule has 0 saturated heterocycles. The van der Waals surface area contributed by atoms with Crippen molar-refractivity contribution in [2.45, 2.75) is 39.0 Å². The predicted octanol–water partition coefficient (Wildman–Crippen LogP) is 2.13. The summed E-state index contributed by atoms with van der Waals surface area (Å²) in [5.74, 6) is 0. The van der Waals surface area contributed by atoms with Gasteiger partial charge in [-0.05, 0) is 23.9 Å². The van der Waals surface area contributed by atoms with Gasteiger partial charge >= 0.3 is 0 Å². The van der Waals surface area contributed by atoms with E-state index in [1.807, 2.05) is 6.08 Å². The van der Waals surface area contributed by atoms with Crippen LogP contribution in [0.3, 0.4) is 0 Å². The molecule has 0 aliphatic rings. The molecule has 0 aliphatic carbocycles. The summed E-state index contributed by atoms with van der Waals surface area (Å²) in [6.07, 6.45) is 7.88. The first-order valence-corrected chi connectivity index (χ1v) is 4.52. The average molecular weight is 158 g/mol. The van der Waals surface area contributed by atoms with Gasteiger partial charge in [-0.1, -0.05) is 26.2 Å². The first kappa shape index (κ1) is 9.67. The summed E-state index contributed by atoms with van der Waals surface area (Å²) in [6, 6.07) is 0. The summed E-state index contributed by atoms with van der Waals surface area (Å²) in [5, 5.41) is 2.56. The summed E-state index contributed by atoms with van der Waals surface area (Å²) >= 11 is 0.410. The van der Waals surface area contributed by atoms with Crippen LogP contribution in [0.2, 0.25) is 0 Å². The van der Waals surface area contributed by atoms with E-state index in [9.17, 15) is 4.21 Å². The summed E-state index contributed by atoms with van der Waals surface area (Å²) < 4.78 is 9.79. The maximum absolute atomic E-state index is 9.79. The van der Waals surface area contributed by atoms with Gasteiger partial charge in [0.25, 0.3) is 0 Å². The lowest BCUT2D eigenvalue weighted by atomic mass is 10.2. The lowest BCUT2D eigenvalue weighted by Gasteiger charge is -1.91. The van der Waals surface area contributed by atoms with Gasteiger partial charge in [-0.2, -0.15) is 0 Å². The van der Waals surface area contributed by atoms with Gasteiger partial charge in [0.1, 0.15) is 11.3 Å². The van der Waals surface area contributed by atoms with Gasteiger partial charge in [0, 0.05) is 0 Å². The van der Waals surface area contributed by atoms with E-state index in [1.54, 1.807) is 0 Å². The number of unbranched alkanes of at least 4 members (excludes halogenated alkanes) is 4. The molecule has 0 N–H and O–H groups in total. The van der Waals surface area contributed by atoms with Crippen LogP contribution in [0.5, 0.6) is 0 Å².